The van der Waals surface area contributed by atoms with Crippen molar-refractivity contribution < 1.29 is 15.0 Å². The number of aliphatic carboxylic acids is 1. The van der Waals surface area contributed by atoms with Crippen molar-refractivity contribution in [2.24, 2.45) is 0 Å². The average molecular weight is 499 g/mol. The minimum absolute atomic E-state index is 0.0402. The normalized spacial score (nSPS) is 14.5. The first-order valence-corrected chi connectivity index (χ1v) is 13.2. The summed E-state index contributed by atoms with van der Waals surface area (Å²) in [6, 6.07) is 20.7. The second-order valence-electron chi connectivity index (χ2n) is 9.96. The lowest BCUT2D eigenvalue weighted by molar-refractivity contribution is -0.137. The summed E-state index contributed by atoms with van der Waals surface area (Å²) in [4.78, 5) is 11.2. The highest BCUT2D eigenvalue weighted by Crippen LogP contribution is 2.34. The monoisotopic (exact) mass is 498 g/mol. The van der Waals surface area contributed by atoms with E-state index in [1.165, 1.54) is 11.1 Å². The van der Waals surface area contributed by atoms with Crippen molar-refractivity contribution in [2.75, 3.05) is 19.7 Å². The third-order valence-electron chi connectivity index (χ3n) is 7.10. The van der Waals surface area contributed by atoms with Gasteiger partial charge in [-0.05, 0) is 79.1 Å². The lowest BCUT2D eigenvalue weighted by atomic mass is 9.75. The zero-order chi connectivity index (χ0) is 25.6. The third-order valence-corrected chi connectivity index (χ3v) is 7.39. The molecule has 6 heteroatoms. The predicted molar refractivity (Wildman–Crippen MR) is 148 cm³/mol. The van der Waals surface area contributed by atoms with Gasteiger partial charge in [-0.25, -0.2) is 0 Å². The molecule has 0 aliphatic carbocycles. The van der Waals surface area contributed by atoms with E-state index in [1.54, 1.807) is 0 Å². The lowest BCUT2D eigenvalue weighted by Crippen LogP contribution is -2.37. The fraction of sp³-hybridized carbons (Fsp3) is 0.517. The zero-order valence-corrected chi connectivity index (χ0v) is 22.1. The number of aliphatic hydroxyl groups excluding tert-OH is 1. The smallest absolute Gasteiger partial charge is 0.303 e. The van der Waals surface area contributed by atoms with Gasteiger partial charge in [0, 0.05) is 26.1 Å². The van der Waals surface area contributed by atoms with Crippen LogP contribution in [0.3, 0.4) is 0 Å². The molecular weight excluding hydrogens is 456 g/mol. The number of nitrogens with one attached hydrogen (secondary N) is 2. The fourth-order valence-corrected chi connectivity index (χ4v) is 4.99. The van der Waals surface area contributed by atoms with Crippen molar-refractivity contribution in [3.05, 3.63) is 71.8 Å². The molecule has 0 aliphatic rings. The molecule has 5 nitrogen and oxygen atoms in total. The van der Waals surface area contributed by atoms with Gasteiger partial charge in [-0.1, -0.05) is 74.5 Å². The molecular formula is C29H42N2O3S. The molecule has 192 valence electrons. The van der Waals surface area contributed by atoms with Gasteiger partial charge in [0.1, 0.15) is 0 Å². The van der Waals surface area contributed by atoms with Crippen LogP contribution in [0.2, 0.25) is 0 Å². The molecule has 0 saturated heterocycles. The maximum Gasteiger partial charge on any atom is 0.303 e. The molecule has 2 rings (SSSR count). The van der Waals surface area contributed by atoms with E-state index in [-0.39, 0.29) is 23.9 Å². The average Bonchev–Trinajstić information content (AvgIpc) is 2.88. The maximum atomic E-state index is 11.2. The minimum atomic E-state index is -0.754. The molecule has 0 radical (unpaired) electrons. The van der Waals surface area contributed by atoms with E-state index >= 15 is 0 Å². The Kier molecular flexibility index (Phi) is 12.2. The highest BCUT2D eigenvalue weighted by atomic mass is 32.1. The van der Waals surface area contributed by atoms with Crippen LogP contribution < -0.4 is 10.6 Å². The van der Waals surface area contributed by atoms with E-state index in [0.29, 0.717) is 11.5 Å². The molecule has 35 heavy (non-hydrogen) atoms. The van der Waals surface area contributed by atoms with E-state index in [0.717, 1.165) is 51.6 Å². The van der Waals surface area contributed by atoms with Crippen LogP contribution >= 0.6 is 12.2 Å². The standard InChI is InChI=1S/C29H42N2O3S/c1-28(19-11-23-32,24-12-5-3-6-13-24)17-9-21-30-27(35)31-22-10-18-29(2,20-16-26(33)34)25-14-7-4-8-15-25/h3-8,12-15,32H,9-11,16-23H2,1-2H3,(H,33,34)(H2,30,31,35). The number of rotatable bonds is 16. The van der Waals surface area contributed by atoms with E-state index in [4.69, 9.17) is 12.2 Å². The molecule has 0 amide bonds. The van der Waals surface area contributed by atoms with Crippen molar-refractivity contribution in [1.82, 2.24) is 10.6 Å². The third kappa shape index (κ3) is 9.98. The Morgan fingerprint density at radius 3 is 1.63 bits per heavy atom. The largest absolute Gasteiger partial charge is 0.481 e. The number of hydrogen-bond donors (Lipinski definition) is 4. The van der Waals surface area contributed by atoms with Crippen LogP contribution in [0.1, 0.15) is 76.3 Å². The van der Waals surface area contributed by atoms with Gasteiger partial charge in [0.15, 0.2) is 5.11 Å². The van der Waals surface area contributed by atoms with Crippen LogP contribution in [0.15, 0.2) is 60.7 Å². The van der Waals surface area contributed by atoms with Crippen LogP contribution in [0, 0.1) is 0 Å². The van der Waals surface area contributed by atoms with Crippen LogP contribution in [0.4, 0.5) is 0 Å². The second kappa shape index (κ2) is 14.8. The molecule has 0 fully saturated rings. The van der Waals surface area contributed by atoms with Crippen molar-refractivity contribution in [3.8, 4) is 0 Å². The summed E-state index contributed by atoms with van der Waals surface area (Å²) in [5, 5.41) is 25.8. The van der Waals surface area contributed by atoms with E-state index < -0.39 is 5.97 Å². The maximum absolute atomic E-state index is 11.2. The quantitative estimate of drug-likeness (QED) is 0.179. The van der Waals surface area contributed by atoms with Gasteiger partial charge in [0.2, 0.25) is 0 Å². The number of thiocarbonyl (C=S) groups is 1. The molecule has 0 heterocycles. The second-order valence-corrected chi connectivity index (χ2v) is 10.4. The topological polar surface area (TPSA) is 81.6 Å². The molecule has 4 N–H and O–H groups in total. The molecule has 0 bridgehead atoms. The first-order valence-electron chi connectivity index (χ1n) is 12.7. The van der Waals surface area contributed by atoms with Gasteiger partial charge in [-0.2, -0.15) is 0 Å². The van der Waals surface area contributed by atoms with Gasteiger partial charge in [0.25, 0.3) is 0 Å². The van der Waals surface area contributed by atoms with Gasteiger partial charge in [-0.15, -0.1) is 0 Å². The van der Waals surface area contributed by atoms with Crippen molar-refractivity contribution in [3.63, 3.8) is 0 Å². The van der Waals surface area contributed by atoms with Crippen molar-refractivity contribution in [1.29, 1.82) is 0 Å². The predicted octanol–water partition coefficient (Wildman–Crippen LogP) is 5.56. The van der Waals surface area contributed by atoms with Gasteiger partial charge in [0.05, 0.1) is 0 Å². The summed E-state index contributed by atoms with van der Waals surface area (Å²) in [5.74, 6) is -0.754. The first-order chi connectivity index (χ1) is 16.8. The molecule has 0 aliphatic heterocycles. The number of benzene rings is 2. The molecule has 0 spiro atoms. The van der Waals surface area contributed by atoms with Crippen molar-refractivity contribution >= 4 is 23.3 Å². The molecule has 0 aromatic heterocycles. The highest BCUT2D eigenvalue weighted by Gasteiger charge is 2.27. The van der Waals surface area contributed by atoms with E-state index in [1.807, 2.05) is 24.3 Å². The number of carbonyl (C=O) groups is 1. The summed E-state index contributed by atoms with van der Waals surface area (Å²) >= 11 is 5.48. The summed E-state index contributed by atoms with van der Waals surface area (Å²) < 4.78 is 0. The van der Waals surface area contributed by atoms with Gasteiger partial charge >= 0.3 is 5.97 Å². The fourth-order valence-electron chi connectivity index (χ4n) is 4.78. The van der Waals surface area contributed by atoms with Gasteiger partial charge < -0.3 is 20.8 Å². The van der Waals surface area contributed by atoms with E-state index in [2.05, 4.69) is 60.9 Å². The number of carboxylic acids is 1. The lowest BCUT2D eigenvalue weighted by Gasteiger charge is -2.31. The summed E-state index contributed by atoms with van der Waals surface area (Å²) in [7, 11) is 0. The molecule has 2 aromatic rings. The minimum Gasteiger partial charge on any atom is -0.481 e. The van der Waals surface area contributed by atoms with Crippen LogP contribution in [0.25, 0.3) is 0 Å². The number of aliphatic hydroxyl groups is 1. The van der Waals surface area contributed by atoms with Crippen LogP contribution in [-0.4, -0.2) is 41.0 Å². The van der Waals surface area contributed by atoms with Crippen LogP contribution in [-0.2, 0) is 15.6 Å². The SMILES string of the molecule is CC(CCCO)(CCCNC(=S)NCCCC(C)(CCC(=O)O)c1ccccc1)c1ccccc1. The summed E-state index contributed by atoms with van der Waals surface area (Å²) in [5.41, 5.74) is 2.37. The Morgan fingerprint density at radius 2 is 1.20 bits per heavy atom. The van der Waals surface area contributed by atoms with Gasteiger partial charge in [-0.3, -0.25) is 4.79 Å². The molecule has 2 aromatic carbocycles. The zero-order valence-electron chi connectivity index (χ0n) is 21.3. The Balaban J connectivity index is 1.75. The summed E-state index contributed by atoms with van der Waals surface area (Å²) in [6.07, 6.45) is 6.34. The van der Waals surface area contributed by atoms with Crippen molar-refractivity contribution in [2.45, 2.75) is 76.0 Å². The van der Waals surface area contributed by atoms with E-state index in [9.17, 15) is 15.0 Å². The number of carboxylic acid groups (broad SMARTS) is 1. The Labute approximate surface area is 216 Å². The Hall–Kier alpha value is -2.44. The Morgan fingerprint density at radius 1 is 0.771 bits per heavy atom. The highest BCUT2D eigenvalue weighted by molar-refractivity contribution is 7.80. The molecule has 2 unspecified atom stereocenters. The molecule has 2 atom stereocenters. The van der Waals surface area contributed by atoms with Crippen LogP contribution in [0.5, 0.6) is 0 Å². The first kappa shape index (κ1) is 28.8. The number of hydrogen-bond acceptors (Lipinski definition) is 3. The summed E-state index contributed by atoms with van der Waals surface area (Å²) in [6.45, 7) is 6.20. The molecule has 0 saturated carbocycles. The Bertz CT molecular complexity index is 893.